The SMILES string of the molecule is CS(=O)(=O)c1ccc(CC#N)cn1. The van der Waals surface area contributed by atoms with E-state index in [0.717, 1.165) is 11.8 Å². The first kappa shape index (κ1) is 9.68. The maximum atomic E-state index is 11.0. The van der Waals surface area contributed by atoms with E-state index in [9.17, 15) is 8.42 Å². The highest BCUT2D eigenvalue weighted by Gasteiger charge is 2.07. The average Bonchev–Trinajstić information content (AvgIpc) is 2.04. The van der Waals surface area contributed by atoms with E-state index >= 15 is 0 Å². The molecule has 0 amide bonds. The standard InChI is InChI=1S/C8H8N2O2S/c1-13(11,12)8-3-2-7(4-5-9)6-10-8/h2-3,6H,4H2,1H3. The number of pyridine rings is 1. The molecule has 1 aromatic heterocycles. The van der Waals surface area contributed by atoms with Gasteiger partial charge in [0.2, 0.25) is 0 Å². The minimum Gasteiger partial charge on any atom is -0.244 e. The van der Waals surface area contributed by atoms with Crippen molar-refractivity contribution in [2.24, 2.45) is 0 Å². The zero-order valence-corrected chi connectivity index (χ0v) is 7.87. The Bertz CT molecular complexity index is 428. The molecule has 68 valence electrons. The van der Waals surface area contributed by atoms with Crippen LogP contribution in [0.3, 0.4) is 0 Å². The lowest BCUT2D eigenvalue weighted by Crippen LogP contribution is -2.00. The molecule has 0 fully saturated rings. The third-order valence-electron chi connectivity index (χ3n) is 1.46. The lowest BCUT2D eigenvalue weighted by Gasteiger charge is -1.97. The van der Waals surface area contributed by atoms with Crippen LogP contribution in [0.15, 0.2) is 23.4 Å². The van der Waals surface area contributed by atoms with E-state index in [1.54, 1.807) is 6.07 Å². The fraction of sp³-hybridized carbons (Fsp3) is 0.250. The molecular weight excluding hydrogens is 188 g/mol. The van der Waals surface area contributed by atoms with E-state index in [1.165, 1.54) is 12.3 Å². The molecule has 0 aromatic carbocycles. The molecule has 4 nitrogen and oxygen atoms in total. The Morgan fingerprint density at radius 1 is 1.54 bits per heavy atom. The van der Waals surface area contributed by atoms with E-state index in [0.29, 0.717) is 0 Å². The third kappa shape index (κ3) is 2.53. The lowest BCUT2D eigenvalue weighted by atomic mass is 10.2. The van der Waals surface area contributed by atoms with Crippen molar-refractivity contribution >= 4 is 9.84 Å². The molecule has 0 spiro atoms. The summed E-state index contributed by atoms with van der Waals surface area (Å²) in [6.45, 7) is 0. The van der Waals surface area contributed by atoms with Crippen molar-refractivity contribution in [2.75, 3.05) is 6.26 Å². The highest BCUT2D eigenvalue weighted by atomic mass is 32.2. The summed E-state index contributed by atoms with van der Waals surface area (Å²) in [5, 5.41) is 8.39. The number of nitrogens with zero attached hydrogens (tertiary/aromatic N) is 2. The average molecular weight is 196 g/mol. The zero-order valence-electron chi connectivity index (χ0n) is 7.06. The number of hydrogen-bond acceptors (Lipinski definition) is 4. The molecule has 0 unspecified atom stereocenters. The monoisotopic (exact) mass is 196 g/mol. The first-order valence-electron chi connectivity index (χ1n) is 3.56. The number of nitriles is 1. The highest BCUT2D eigenvalue weighted by Crippen LogP contribution is 2.06. The van der Waals surface area contributed by atoms with E-state index in [1.807, 2.05) is 6.07 Å². The molecule has 1 heterocycles. The molecule has 0 N–H and O–H groups in total. The Hall–Kier alpha value is -1.41. The van der Waals surface area contributed by atoms with Crippen molar-refractivity contribution in [3.8, 4) is 6.07 Å². The van der Waals surface area contributed by atoms with Crippen LogP contribution in [-0.4, -0.2) is 19.7 Å². The summed E-state index contributed by atoms with van der Waals surface area (Å²) in [5.74, 6) is 0. The van der Waals surface area contributed by atoms with E-state index in [-0.39, 0.29) is 11.4 Å². The van der Waals surface area contributed by atoms with Crippen LogP contribution in [0.5, 0.6) is 0 Å². The molecule has 0 radical (unpaired) electrons. The molecule has 0 saturated carbocycles. The zero-order chi connectivity index (χ0) is 9.90. The van der Waals surface area contributed by atoms with Crippen molar-refractivity contribution in [1.82, 2.24) is 4.98 Å². The van der Waals surface area contributed by atoms with Gasteiger partial charge < -0.3 is 0 Å². The van der Waals surface area contributed by atoms with Crippen LogP contribution in [0.25, 0.3) is 0 Å². The Balaban J connectivity index is 3.03. The highest BCUT2D eigenvalue weighted by molar-refractivity contribution is 7.90. The molecular formula is C8H8N2O2S. The Morgan fingerprint density at radius 3 is 2.62 bits per heavy atom. The van der Waals surface area contributed by atoms with Crippen LogP contribution >= 0.6 is 0 Å². The van der Waals surface area contributed by atoms with Crippen molar-refractivity contribution < 1.29 is 8.42 Å². The predicted molar refractivity (Wildman–Crippen MR) is 46.7 cm³/mol. The topological polar surface area (TPSA) is 70.8 Å². The summed E-state index contributed by atoms with van der Waals surface area (Å²) in [5.41, 5.74) is 0.718. The number of rotatable bonds is 2. The summed E-state index contributed by atoms with van der Waals surface area (Å²) < 4.78 is 21.9. The van der Waals surface area contributed by atoms with Gasteiger partial charge in [-0.25, -0.2) is 13.4 Å². The third-order valence-corrected chi connectivity index (χ3v) is 2.46. The van der Waals surface area contributed by atoms with Gasteiger partial charge >= 0.3 is 0 Å². The molecule has 0 aliphatic rings. The van der Waals surface area contributed by atoms with Gasteiger partial charge in [-0.3, -0.25) is 0 Å². The van der Waals surface area contributed by atoms with Gasteiger partial charge in [0.15, 0.2) is 14.9 Å². The van der Waals surface area contributed by atoms with E-state index in [4.69, 9.17) is 5.26 Å². The molecule has 0 atom stereocenters. The molecule has 5 heteroatoms. The second-order valence-electron chi connectivity index (χ2n) is 2.61. The van der Waals surface area contributed by atoms with E-state index in [2.05, 4.69) is 4.98 Å². The number of aromatic nitrogens is 1. The van der Waals surface area contributed by atoms with E-state index < -0.39 is 9.84 Å². The van der Waals surface area contributed by atoms with Gasteiger partial charge in [0.1, 0.15) is 0 Å². The van der Waals surface area contributed by atoms with Gasteiger partial charge in [-0.15, -0.1) is 0 Å². The summed E-state index contributed by atoms with van der Waals surface area (Å²) in [7, 11) is -3.23. The minimum atomic E-state index is -3.23. The Morgan fingerprint density at radius 2 is 2.23 bits per heavy atom. The quantitative estimate of drug-likeness (QED) is 0.692. The molecule has 1 rings (SSSR count). The fourth-order valence-electron chi connectivity index (χ4n) is 0.826. The summed E-state index contributed by atoms with van der Waals surface area (Å²) in [6, 6.07) is 4.95. The van der Waals surface area contributed by atoms with Gasteiger partial charge in [-0.1, -0.05) is 6.07 Å². The normalized spacial score (nSPS) is 10.8. The molecule has 13 heavy (non-hydrogen) atoms. The minimum absolute atomic E-state index is 0.0363. The summed E-state index contributed by atoms with van der Waals surface area (Å²) in [6.07, 6.45) is 2.75. The molecule has 0 bridgehead atoms. The maximum Gasteiger partial charge on any atom is 0.192 e. The summed E-state index contributed by atoms with van der Waals surface area (Å²) >= 11 is 0. The van der Waals surface area contributed by atoms with Crippen molar-refractivity contribution in [3.63, 3.8) is 0 Å². The molecule has 0 aliphatic heterocycles. The second-order valence-corrected chi connectivity index (χ2v) is 4.57. The summed E-state index contributed by atoms with van der Waals surface area (Å²) in [4.78, 5) is 3.73. The van der Waals surface area contributed by atoms with Crippen molar-refractivity contribution in [1.29, 1.82) is 5.26 Å². The molecule has 0 aliphatic carbocycles. The Kier molecular flexibility index (Phi) is 2.63. The number of hydrogen-bond donors (Lipinski definition) is 0. The number of sulfone groups is 1. The lowest BCUT2D eigenvalue weighted by molar-refractivity contribution is 0.598. The van der Waals surface area contributed by atoms with Crippen LogP contribution in [0.4, 0.5) is 0 Å². The molecule has 1 aromatic rings. The van der Waals surface area contributed by atoms with Gasteiger partial charge in [-0.2, -0.15) is 5.26 Å². The smallest absolute Gasteiger partial charge is 0.192 e. The van der Waals surface area contributed by atoms with Crippen LogP contribution < -0.4 is 0 Å². The van der Waals surface area contributed by atoms with Gasteiger partial charge in [0.05, 0.1) is 12.5 Å². The van der Waals surface area contributed by atoms with Crippen LogP contribution in [0, 0.1) is 11.3 Å². The second kappa shape index (κ2) is 3.54. The predicted octanol–water partition coefficient (Wildman–Crippen LogP) is 0.551. The van der Waals surface area contributed by atoms with Gasteiger partial charge in [0, 0.05) is 12.5 Å². The van der Waals surface area contributed by atoms with Gasteiger partial charge in [0.25, 0.3) is 0 Å². The van der Waals surface area contributed by atoms with Gasteiger partial charge in [-0.05, 0) is 11.6 Å². The van der Waals surface area contributed by atoms with Crippen LogP contribution in [0.2, 0.25) is 0 Å². The van der Waals surface area contributed by atoms with Crippen LogP contribution in [0.1, 0.15) is 5.56 Å². The van der Waals surface area contributed by atoms with Crippen molar-refractivity contribution in [3.05, 3.63) is 23.9 Å². The van der Waals surface area contributed by atoms with Crippen molar-refractivity contribution in [2.45, 2.75) is 11.4 Å². The Labute approximate surface area is 76.8 Å². The molecule has 0 saturated heterocycles. The first-order valence-corrected chi connectivity index (χ1v) is 5.45. The first-order chi connectivity index (χ1) is 6.04. The largest absolute Gasteiger partial charge is 0.244 e. The maximum absolute atomic E-state index is 11.0. The fourth-order valence-corrected chi connectivity index (χ4v) is 1.39. The van der Waals surface area contributed by atoms with Crippen LogP contribution in [-0.2, 0) is 16.3 Å².